The van der Waals surface area contributed by atoms with Gasteiger partial charge in [0.2, 0.25) is 0 Å². The minimum atomic E-state index is -3.25. The first-order chi connectivity index (χ1) is 13.2. The molecule has 1 fully saturated rings. The minimum Gasteiger partial charge on any atom is -0.442 e. The summed E-state index contributed by atoms with van der Waals surface area (Å²) in [6, 6.07) is 4.16. The predicted molar refractivity (Wildman–Crippen MR) is 103 cm³/mol. The number of halogens is 3. The van der Waals surface area contributed by atoms with E-state index in [1.165, 1.54) is 34.2 Å². The highest BCUT2D eigenvalue weighted by molar-refractivity contribution is 7.94. The second-order valence-corrected chi connectivity index (χ2v) is 9.25. The first-order valence-corrected chi connectivity index (χ1v) is 10.8. The van der Waals surface area contributed by atoms with Gasteiger partial charge in [-0.3, -0.25) is 9.69 Å². The van der Waals surface area contributed by atoms with E-state index in [2.05, 4.69) is 5.32 Å². The van der Waals surface area contributed by atoms with E-state index in [0.717, 1.165) is 5.41 Å². The van der Waals surface area contributed by atoms with Crippen molar-refractivity contribution in [2.45, 2.75) is 10.9 Å². The lowest BCUT2D eigenvalue weighted by atomic mass is 10.2. The Labute approximate surface area is 170 Å². The number of nitrogens with zero attached hydrogens (tertiary/aromatic N) is 2. The number of alkyl halides is 2. The lowest BCUT2D eigenvalue weighted by Crippen LogP contribution is -2.37. The fraction of sp³-hybridized carbons (Fsp3) is 0.375. The Hall–Kier alpha value is -2.04. The fourth-order valence-corrected chi connectivity index (χ4v) is 3.84. The third-order valence-electron chi connectivity index (χ3n) is 4.19. The van der Waals surface area contributed by atoms with Crippen molar-refractivity contribution >= 4 is 56.4 Å². The summed E-state index contributed by atoms with van der Waals surface area (Å²) in [6.45, 7) is 0.254. The summed E-state index contributed by atoms with van der Waals surface area (Å²) in [5.41, 5.74) is 0.475. The van der Waals surface area contributed by atoms with E-state index < -0.39 is 38.6 Å². The van der Waals surface area contributed by atoms with Crippen LogP contribution in [0.15, 0.2) is 29.8 Å². The summed E-state index contributed by atoms with van der Waals surface area (Å²) in [7, 11) is -3.25. The van der Waals surface area contributed by atoms with Gasteiger partial charge < -0.3 is 15.0 Å². The van der Waals surface area contributed by atoms with Gasteiger partial charge in [0.05, 0.1) is 30.2 Å². The second-order valence-electron chi connectivity index (χ2n) is 6.14. The normalized spacial score (nSPS) is 21.1. The Morgan fingerprint density at radius 3 is 2.75 bits per heavy atom. The lowest BCUT2D eigenvalue weighted by molar-refractivity contribution is -0.119. The average Bonchev–Trinajstić information content (AvgIpc) is 3.00. The number of hydrogen-bond acceptors (Lipinski definition) is 6. The van der Waals surface area contributed by atoms with Crippen LogP contribution in [0.25, 0.3) is 0 Å². The molecule has 8 nitrogen and oxygen atoms in total. The minimum absolute atomic E-state index is 0.0185. The molecule has 0 saturated carbocycles. The zero-order valence-electron chi connectivity index (χ0n) is 14.3. The highest BCUT2D eigenvalue weighted by Gasteiger charge is 2.33. The molecule has 1 aromatic carbocycles. The summed E-state index contributed by atoms with van der Waals surface area (Å²) in [6.07, 6.45) is -0.00835. The molecule has 0 spiro atoms. The molecule has 1 saturated heterocycles. The monoisotopic (exact) mass is 451 g/mol. The summed E-state index contributed by atoms with van der Waals surface area (Å²) in [4.78, 5) is 24.9. The number of sulfone groups is 1. The number of nitrogens with one attached hydrogen (secondary N) is 1. The van der Waals surface area contributed by atoms with Gasteiger partial charge in [-0.2, -0.15) is 0 Å². The van der Waals surface area contributed by atoms with Crippen LogP contribution in [0.5, 0.6) is 0 Å². The Morgan fingerprint density at radius 2 is 2.14 bits per heavy atom. The number of carbonyl (C=O) groups excluding carboxylic acids is 2. The Kier molecular flexibility index (Phi) is 6.01. The van der Waals surface area contributed by atoms with Crippen LogP contribution >= 0.6 is 23.2 Å². The standard InChI is InChI=1S/C16H16Cl2FN3O5S/c17-14(18)15(23)20-8-11-9-22(16(24)27-11)10-1-2-13(12(19)7-10)21-3-5-28(25,26)6-4-21/h1-3,5,7,11,14H,4,6,8-9H2,(H,20,23)/t11-/m0/s1. The number of rotatable bonds is 5. The van der Waals surface area contributed by atoms with E-state index in [1.807, 2.05) is 0 Å². The number of cyclic esters (lactones) is 1. The quantitative estimate of drug-likeness (QED) is 0.685. The third-order valence-corrected chi connectivity index (χ3v) is 5.88. The molecule has 0 radical (unpaired) electrons. The summed E-state index contributed by atoms with van der Waals surface area (Å²) >= 11 is 10.9. The first kappa shape index (κ1) is 20.7. The van der Waals surface area contributed by atoms with Crippen molar-refractivity contribution in [3.05, 3.63) is 35.6 Å². The molecule has 12 heteroatoms. The van der Waals surface area contributed by atoms with E-state index in [1.54, 1.807) is 0 Å². The first-order valence-electron chi connectivity index (χ1n) is 8.17. The smallest absolute Gasteiger partial charge is 0.414 e. The number of hydrogen-bond donors (Lipinski definition) is 1. The van der Waals surface area contributed by atoms with Gasteiger partial charge in [0.1, 0.15) is 11.9 Å². The topological polar surface area (TPSA) is 96.0 Å². The van der Waals surface area contributed by atoms with Crippen molar-refractivity contribution in [3.8, 4) is 0 Å². The molecule has 2 heterocycles. The average molecular weight is 452 g/mol. The summed E-state index contributed by atoms with van der Waals surface area (Å²) in [5, 5.41) is 3.48. The van der Waals surface area contributed by atoms with Crippen LogP contribution in [0.2, 0.25) is 0 Å². The molecule has 1 aromatic rings. The van der Waals surface area contributed by atoms with Crippen molar-refractivity contribution in [2.75, 3.05) is 35.2 Å². The van der Waals surface area contributed by atoms with E-state index in [9.17, 15) is 22.4 Å². The largest absolute Gasteiger partial charge is 0.442 e. The number of benzene rings is 1. The van der Waals surface area contributed by atoms with Crippen LogP contribution in [0, 0.1) is 5.82 Å². The molecule has 2 aliphatic heterocycles. The highest BCUT2D eigenvalue weighted by Crippen LogP contribution is 2.29. The Morgan fingerprint density at radius 1 is 1.39 bits per heavy atom. The van der Waals surface area contributed by atoms with Gasteiger partial charge >= 0.3 is 6.09 Å². The van der Waals surface area contributed by atoms with Crippen molar-refractivity contribution in [1.82, 2.24) is 5.32 Å². The molecule has 1 atom stereocenters. The van der Waals surface area contributed by atoms with E-state index in [0.29, 0.717) is 0 Å². The maximum absolute atomic E-state index is 14.6. The molecule has 3 rings (SSSR count). The number of amides is 2. The van der Waals surface area contributed by atoms with Gasteiger partial charge in [0.15, 0.2) is 14.7 Å². The summed E-state index contributed by atoms with van der Waals surface area (Å²) < 4.78 is 42.6. The second kappa shape index (κ2) is 8.14. The Balaban J connectivity index is 1.68. The van der Waals surface area contributed by atoms with Gasteiger partial charge in [0.25, 0.3) is 5.91 Å². The fourth-order valence-electron chi connectivity index (χ4n) is 2.76. The van der Waals surface area contributed by atoms with Gasteiger partial charge in [-0.05, 0) is 18.2 Å². The molecule has 2 aliphatic rings. The highest BCUT2D eigenvalue weighted by atomic mass is 35.5. The molecule has 2 amide bonds. The Bertz CT molecular complexity index is 925. The zero-order valence-corrected chi connectivity index (χ0v) is 16.7. The van der Waals surface area contributed by atoms with Crippen LogP contribution < -0.4 is 15.1 Å². The van der Waals surface area contributed by atoms with Crippen LogP contribution in [-0.4, -0.2) is 56.7 Å². The van der Waals surface area contributed by atoms with E-state index in [-0.39, 0.29) is 36.8 Å². The summed E-state index contributed by atoms with van der Waals surface area (Å²) in [5.74, 6) is -1.33. The number of ether oxygens (including phenoxy) is 1. The SMILES string of the molecule is O=C(NC[C@H]1CN(c2ccc(N3C=CS(=O)(=O)CC3)c(F)c2)C(=O)O1)C(Cl)Cl. The zero-order chi connectivity index (χ0) is 20.5. The van der Waals surface area contributed by atoms with Gasteiger partial charge in [-0.25, -0.2) is 17.6 Å². The van der Waals surface area contributed by atoms with Gasteiger partial charge in [-0.1, -0.05) is 23.2 Å². The van der Waals surface area contributed by atoms with Crippen LogP contribution in [0.3, 0.4) is 0 Å². The van der Waals surface area contributed by atoms with Crippen molar-refractivity contribution in [1.29, 1.82) is 0 Å². The van der Waals surface area contributed by atoms with Crippen molar-refractivity contribution in [3.63, 3.8) is 0 Å². The van der Waals surface area contributed by atoms with E-state index >= 15 is 0 Å². The molecule has 0 aromatic heterocycles. The molecule has 152 valence electrons. The predicted octanol–water partition coefficient (Wildman–Crippen LogP) is 1.78. The van der Waals surface area contributed by atoms with Crippen LogP contribution in [-0.2, 0) is 19.4 Å². The van der Waals surface area contributed by atoms with Gasteiger partial charge in [0, 0.05) is 18.2 Å². The van der Waals surface area contributed by atoms with Crippen LogP contribution in [0.4, 0.5) is 20.6 Å². The number of anilines is 2. The van der Waals surface area contributed by atoms with Crippen LogP contribution in [0.1, 0.15) is 0 Å². The van der Waals surface area contributed by atoms with Crippen molar-refractivity contribution in [2.24, 2.45) is 0 Å². The maximum atomic E-state index is 14.6. The lowest BCUT2D eigenvalue weighted by Gasteiger charge is -2.24. The van der Waals surface area contributed by atoms with Gasteiger partial charge in [-0.15, -0.1) is 0 Å². The third kappa shape index (κ3) is 4.68. The van der Waals surface area contributed by atoms with Crippen molar-refractivity contribution < 1.29 is 27.1 Å². The molecular formula is C16H16Cl2FN3O5S. The molecule has 28 heavy (non-hydrogen) atoms. The molecule has 0 aliphatic carbocycles. The molecule has 0 bridgehead atoms. The number of carbonyl (C=O) groups is 2. The molecular weight excluding hydrogens is 436 g/mol. The molecule has 1 N–H and O–H groups in total. The molecule has 0 unspecified atom stereocenters. The maximum Gasteiger partial charge on any atom is 0.414 e. The van der Waals surface area contributed by atoms with E-state index in [4.69, 9.17) is 27.9 Å².